The van der Waals surface area contributed by atoms with Crippen molar-refractivity contribution in [1.82, 2.24) is 4.57 Å². The smallest absolute Gasteiger partial charge is 0.128 e. The second-order valence-electron chi connectivity index (χ2n) is 5.08. The van der Waals surface area contributed by atoms with Gasteiger partial charge < -0.3 is 15.0 Å². The molecule has 0 atom stereocenters. The minimum atomic E-state index is 0.535. The first-order chi connectivity index (χ1) is 9.65. The fourth-order valence-corrected chi connectivity index (χ4v) is 2.37. The lowest BCUT2D eigenvalue weighted by Crippen LogP contribution is -2.01. The van der Waals surface area contributed by atoms with Crippen molar-refractivity contribution in [3.63, 3.8) is 0 Å². The molecule has 0 bridgehead atoms. The molecule has 0 saturated carbocycles. The number of hydrogen-bond donors (Lipinski definition) is 1. The number of aryl methyl sites for hydroxylation is 2. The zero-order valence-electron chi connectivity index (χ0n) is 11.8. The average molecular weight is 266 g/mol. The molecule has 3 aromatic rings. The van der Waals surface area contributed by atoms with E-state index in [0.717, 1.165) is 28.0 Å². The van der Waals surface area contributed by atoms with Gasteiger partial charge in [0.05, 0.1) is 11.2 Å². The van der Waals surface area contributed by atoms with Gasteiger partial charge in [-0.25, -0.2) is 0 Å². The van der Waals surface area contributed by atoms with Gasteiger partial charge >= 0.3 is 0 Å². The molecule has 3 nitrogen and oxygen atoms in total. The summed E-state index contributed by atoms with van der Waals surface area (Å²) in [5, 5.41) is 1.08. The summed E-state index contributed by atoms with van der Waals surface area (Å²) in [5.74, 6) is 0.883. The van der Waals surface area contributed by atoms with E-state index < -0.39 is 0 Å². The van der Waals surface area contributed by atoms with Crippen LogP contribution in [0, 0.1) is 6.92 Å². The summed E-state index contributed by atoms with van der Waals surface area (Å²) in [7, 11) is 2.04. The molecule has 0 unspecified atom stereocenters. The SMILES string of the molecule is Cc1ccc(OCc2cc3c(N)cccc3n2C)cc1. The molecule has 20 heavy (non-hydrogen) atoms. The van der Waals surface area contributed by atoms with Crippen molar-refractivity contribution < 1.29 is 4.74 Å². The van der Waals surface area contributed by atoms with Gasteiger partial charge in [0.15, 0.2) is 0 Å². The van der Waals surface area contributed by atoms with Gasteiger partial charge in [-0.2, -0.15) is 0 Å². The highest BCUT2D eigenvalue weighted by Crippen LogP contribution is 2.25. The zero-order valence-corrected chi connectivity index (χ0v) is 11.8. The van der Waals surface area contributed by atoms with Crippen molar-refractivity contribution >= 4 is 16.6 Å². The highest BCUT2D eigenvalue weighted by atomic mass is 16.5. The highest BCUT2D eigenvalue weighted by Gasteiger charge is 2.08. The van der Waals surface area contributed by atoms with Crippen LogP contribution in [0.4, 0.5) is 5.69 Å². The molecule has 1 heterocycles. The van der Waals surface area contributed by atoms with Crippen molar-refractivity contribution in [3.05, 3.63) is 59.8 Å². The Bertz CT molecular complexity index is 742. The fraction of sp³-hybridized carbons (Fsp3) is 0.176. The minimum absolute atomic E-state index is 0.535. The normalized spacial score (nSPS) is 10.9. The maximum absolute atomic E-state index is 6.01. The predicted molar refractivity (Wildman–Crippen MR) is 82.8 cm³/mol. The number of benzene rings is 2. The molecule has 0 saturated heterocycles. The number of ether oxygens (including phenoxy) is 1. The van der Waals surface area contributed by atoms with E-state index in [1.54, 1.807) is 0 Å². The van der Waals surface area contributed by atoms with E-state index in [1.165, 1.54) is 5.56 Å². The van der Waals surface area contributed by atoms with Gasteiger partial charge in [0.1, 0.15) is 12.4 Å². The molecule has 2 aromatic carbocycles. The van der Waals surface area contributed by atoms with Crippen LogP contribution in [0.25, 0.3) is 10.9 Å². The molecule has 3 rings (SSSR count). The summed E-state index contributed by atoms with van der Waals surface area (Å²) in [6.45, 7) is 2.60. The first-order valence-corrected chi connectivity index (χ1v) is 6.67. The van der Waals surface area contributed by atoms with Gasteiger partial charge in [0, 0.05) is 18.1 Å². The van der Waals surface area contributed by atoms with Crippen LogP contribution < -0.4 is 10.5 Å². The third-order valence-corrected chi connectivity index (χ3v) is 3.63. The topological polar surface area (TPSA) is 40.2 Å². The van der Waals surface area contributed by atoms with Crippen LogP contribution in [0.2, 0.25) is 0 Å². The number of nitrogens with two attached hydrogens (primary N) is 1. The van der Waals surface area contributed by atoms with Crippen molar-refractivity contribution in [2.45, 2.75) is 13.5 Å². The Balaban J connectivity index is 1.86. The van der Waals surface area contributed by atoms with Crippen molar-refractivity contribution in [1.29, 1.82) is 0 Å². The number of aromatic nitrogens is 1. The molecule has 0 spiro atoms. The van der Waals surface area contributed by atoms with Crippen molar-refractivity contribution in [2.24, 2.45) is 7.05 Å². The maximum Gasteiger partial charge on any atom is 0.128 e. The van der Waals surface area contributed by atoms with Crippen LogP contribution in [0.15, 0.2) is 48.5 Å². The molecule has 0 aliphatic heterocycles. The molecule has 2 N–H and O–H groups in total. The van der Waals surface area contributed by atoms with Crippen LogP contribution in [-0.4, -0.2) is 4.57 Å². The van der Waals surface area contributed by atoms with E-state index in [4.69, 9.17) is 10.5 Å². The van der Waals surface area contributed by atoms with Crippen molar-refractivity contribution in [3.8, 4) is 5.75 Å². The van der Waals surface area contributed by atoms with Crippen LogP contribution in [0.3, 0.4) is 0 Å². The third-order valence-electron chi connectivity index (χ3n) is 3.63. The van der Waals surface area contributed by atoms with Gasteiger partial charge in [-0.05, 0) is 37.3 Å². The Hall–Kier alpha value is -2.42. The number of nitrogens with zero attached hydrogens (tertiary/aromatic N) is 1. The van der Waals surface area contributed by atoms with Crippen LogP contribution in [0.5, 0.6) is 5.75 Å². The quantitative estimate of drug-likeness (QED) is 0.735. The first-order valence-electron chi connectivity index (χ1n) is 6.67. The summed E-state index contributed by atoms with van der Waals surface area (Å²) in [6.07, 6.45) is 0. The number of fused-ring (bicyclic) bond motifs is 1. The fourth-order valence-electron chi connectivity index (χ4n) is 2.37. The summed E-state index contributed by atoms with van der Waals surface area (Å²) >= 11 is 0. The molecule has 0 aliphatic carbocycles. The molecule has 102 valence electrons. The number of rotatable bonds is 3. The molecule has 0 fully saturated rings. The van der Waals surface area contributed by atoms with Gasteiger partial charge in [-0.3, -0.25) is 0 Å². The number of nitrogen functional groups attached to an aromatic ring is 1. The maximum atomic E-state index is 6.01. The van der Waals surface area contributed by atoms with Gasteiger partial charge in [0.2, 0.25) is 0 Å². The Kier molecular flexibility index (Phi) is 3.11. The summed E-state index contributed by atoms with van der Waals surface area (Å²) in [4.78, 5) is 0. The second kappa shape index (κ2) is 4.93. The lowest BCUT2D eigenvalue weighted by atomic mass is 10.2. The molecule has 0 radical (unpaired) electrons. The Labute approximate surface area is 118 Å². The summed E-state index contributed by atoms with van der Waals surface area (Å²) in [6, 6.07) is 16.2. The Morgan fingerprint density at radius 1 is 1.10 bits per heavy atom. The molecule has 1 aromatic heterocycles. The summed E-state index contributed by atoms with van der Waals surface area (Å²) < 4.78 is 7.96. The lowest BCUT2D eigenvalue weighted by Gasteiger charge is -2.07. The summed E-state index contributed by atoms with van der Waals surface area (Å²) in [5.41, 5.74) is 10.3. The third kappa shape index (κ3) is 2.23. The number of hydrogen-bond acceptors (Lipinski definition) is 2. The van der Waals surface area contributed by atoms with E-state index in [9.17, 15) is 0 Å². The Morgan fingerprint density at radius 3 is 2.55 bits per heavy atom. The van der Waals surface area contributed by atoms with E-state index in [0.29, 0.717) is 6.61 Å². The first kappa shape index (κ1) is 12.6. The molecule has 3 heteroatoms. The minimum Gasteiger partial charge on any atom is -0.487 e. The number of anilines is 1. The molecular formula is C17H18N2O. The lowest BCUT2D eigenvalue weighted by molar-refractivity contribution is 0.297. The largest absolute Gasteiger partial charge is 0.487 e. The molecular weight excluding hydrogens is 248 g/mol. The predicted octanol–water partition coefficient (Wildman–Crippen LogP) is 3.65. The van der Waals surface area contributed by atoms with Gasteiger partial charge in [-0.1, -0.05) is 23.8 Å². The highest BCUT2D eigenvalue weighted by molar-refractivity contribution is 5.92. The van der Waals surface area contributed by atoms with Gasteiger partial charge in [-0.15, -0.1) is 0 Å². The molecule has 0 aliphatic rings. The molecule has 0 amide bonds. The van der Waals surface area contributed by atoms with E-state index in [-0.39, 0.29) is 0 Å². The van der Waals surface area contributed by atoms with Crippen LogP contribution in [0.1, 0.15) is 11.3 Å². The van der Waals surface area contributed by atoms with Crippen molar-refractivity contribution in [2.75, 3.05) is 5.73 Å². The monoisotopic (exact) mass is 266 g/mol. The van der Waals surface area contributed by atoms with E-state index in [2.05, 4.69) is 35.8 Å². The zero-order chi connectivity index (χ0) is 14.1. The average Bonchev–Trinajstić information content (AvgIpc) is 2.77. The van der Waals surface area contributed by atoms with E-state index >= 15 is 0 Å². The van der Waals surface area contributed by atoms with Gasteiger partial charge in [0.25, 0.3) is 0 Å². The van der Waals surface area contributed by atoms with E-state index in [1.807, 2.05) is 31.3 Å². The standard InChI is InChI=1S/C17H18N2O/c1-12-6-8-14(9-7-12)20-11-13-10-15-16(18)4-3-5-17(15)19(13)2/h3-10H,11,18H2,1-2H3. The second-order valence-corrected chi connectivity index (χ2v) is 5.08. The Morgan fingerprint density at radius 2 is 1.85 bits per heavy atom. The van der Waals surface area contributed by atoms with Crippen LogP contribution >= 0.6 is 0 Å². The van der Waals surface area contributed by atoms with Crippen LogP contribution in [-0.2, 0) is 13.7 Å².